The molecule has 0 radical (unpaired) electrons. The van der Waals surface area contributed by atoms with E-state index in [2.05, 4.69) is 5.29 Å². The monoisotopic (exact) mass is 237 g/mol. The highest BCUT2D eigenvalue weighted by Gasteiger charge is 2.34. The van der Waals surface area contributed by atoms with Crippen LogP contribution < -0.4 is 10.7 Å². The van der Waals surface area contributed by atoms with Crippen molar-refractivity contribution >= 4 is 11.6 Å². The Kier molecular flexibility index (Phi) is 4.17. The molecule has 1 atom stereocenters. The summed E-state index contributed by atoms with van der Waals surface area (Å²) in [5.41, 5.74) is 5.96. The summed E-state index contributed by atoms with van der Waals surface area (Å²) in [6.07, 6.45) is 0. The Hall–Kier alpha value is -1.95. The van der Waals surface area contributed by atoms with Crippen LogP contribution in [0.25, 0.3) is 0 Å². The number of quaternary nitrogens is 1. The fraction of sp³-hybridized carbons (Fsp3) is 0.364. The van der Waals surface area contributed by atoms with Gasteiger partial charge in [-0.15, -0.1) is 0 Å². The molecular formula is C11H17N4O2+. The summed E-state index contributed by atoms with van der Waals surface area (Å²) in [5.74, 6) is -0.568. The molecular weight excluding hydrogens is 220 g/mol. The average Bonchev–Trinajstić information content (AvgIpc) is 2.30. The molecule has 0 heterocycles. The van der Waals surface area contributed by atoms with Gasteiger partial charge in [0.15, 0.2) is 5.29 Å². The van der Waals surface area contributed by atoms with E-state index in [4.69, 9.17) is 5.73 Å². The predicted octanol–water partition coefficient (Wildman–Crippen LogP) is 1.04. The molecule has 17 heavy (non-hydrogen) atoms. The molecule has 1 unspecified atom stereocenters. The number of benzene rings is 1. The van der Waals surface area contributed by atoms with Crippen LogP contribution in [0.5, 0.6) is 0 Å². The third-order valence-corrected chi connectivity index (χ3v) is 2.51. The van der Waals surface area contributed by atoms with Gasteiger partial charge in [-0.3, -0.25) is 4.79 Å². The second-order valence-electron chi connectivity index (χ2n) is 3.85. The zero-order valence-corrected chi connectivity index (χ0v) is 10.0. The number of amides is 1. The largest absolute Gasteiger partial charge is 0.365 e. The minimum absolute atomic E-state index is 0.160. The maximum Gasteiger partial charge on any atom is 0.277 e. The van der Waals surface area contributed by atoms with Crippen LogP contribution in [0.3, 0.4) is 0 Å². The molecule has 0 fully saturated rings. The van der Waals surface area contributed by atoms with Crippen LogP contribution in [-0.4, -0.2) is 30.7 Å². The van der Waals surface area contributed by atoms with Gasteiger partial charge in [0.1, 0.15) is 7.05 Å². The highest BCUT2D eigenvalue weighted by Crippen LogP contribution is 2.20. The number of primary amides is 1. The molecule has 0 saturated heterocycles. The van der Waals surface area contributed by atoms with Gasteiger partial charge in [0.25, 0.3) is 5.91 Å². The third-order valence-electron chi connectivity index (χ3n) is 2.51. The summed E-state index contributed by atoms with van der Waals surface area (Å²) in [5, 5.41) is 4.73. The lowest BCUT2D eigenvalue weighted by molar-refractivity contribution is -0.918. The quantitative estimate of drug-likeness (QED) is 0.456. The van der Waals surface area contributed by atoms with Crippen LogP contribution in [0.15, 0.2) is 35.6 Å². The van der Waals surface area contributed by atoms with Crippen molar-refractivity contribution in [2.75, 3.05) is 25.1 Å². The molecule has 1 aromatic rings. The number of likely N-dealkylation sites (N-methyl/N-ethyl adjacent to an activating group) is 1. The number of hydrogen-bond donors (Lipinski definition) is 1. The number of anilines is 1. The normalized spacial score (nSPS) is 13.8. The predicted molar refractivity (Wildman–Crippen MR) is 65.5 cm³/mol. The van der Waals surface area contributed by atoms with Crippen molar-refractivity contribution in [2.45, 2.75) is 6.92 Å². The Balaban J connectivity index is 3.07. The number of carbonyl (C=O) groups is 1. The summed E-state index contributed by atoms with van der Waals surface area (Å²) < 4.78 is -0.421. The maximum atomic E-state index is 11.0. The molecule has 1 amide bonds. The van der Waals surface area contributed by atoms with Gasteiger partial charge in [-0.25, -0.2) is 0 Å². The molecule has 92 valence electrons. The van der Waals surface area contributed by atoms with Crippen molar-refractivity contribution in [3.8, 4) is 0 Å². The van der Waals surface area contributed by atoms with Gasteiger partial charge in [0, 0.05) is 0 Å². The van der Waals surface area contributed by atoms with E-state index in [1.54, 1.807) is 12.1 Å². The maximum absolute atomic E-state index is 11.0. The molecule has 6 heteroatoms. The molecule has 1 aromatic carbocycles. The van der Waals surface area contributed by atoms with Crippen molar-refractivity contribution in [1.29, 1.82) is 0 Å². The van der Waals surface area contributed by atoms with Crippen LogP contribution in [0.1, 0.15) is 6.92 Å². The Morgan fingerprint density at radius 3 is 2.41 bits per heavy atom. The second kappa shape index (κ2) is 5.40. The van der Waals surface area contributed by atoms with E-state index in [0.717, 1.165) is 5.69 Å². The molecule has 0 aliphatic heterocycles. The van der Waals surface area contributed by atoms with Gasteiger partial charge in [0.05, 0.1) is 12.2 Å². The number of carbonyl (C=O) groups excluding carboxylic acids is 1. The highest BCUT2D eigenvalue weighted by atomic mass is 16.3. The van der Waals surface area contributed by atoms with E-state index in [-0.39, 0.29) is 6.54 Å². The third kappa shape index (κ3) is 3.01. The van der Waals surface area contributed by atoms with Crippen molar-refractivity contribution < 1.29 is 9.50 Å². The fourth-order valence-electron chi connectivity index (χ4n) is 1.79. The number of nitroso groups, excluding NO2 is 1. The molecule has 0 saturated carbocycles. The van der Waals surface area contributed by atoms with Crippen LogP contribution in [-0.2, 0) is 4.79 Å². The molecule has 0 aliphatic rings. The molecule has 0 aromatic heterocycles. The van der Waals surface area contributed by atoms with Crippen LogP contribution in [0.2, 0.25) is 0 Å². The SMILES string of the molecule is CCN(c1ccccc1)[N+](C)(CC(N)=O)N=O. The zero-order chi connectivity index (χ0) is 12.9. The van der Waals surface area contributed by atoms with E-state index < -0.39 is 10.6 Å². The summed E-state index contributed by atoms with van der Waals surface area (Å²) in [6, 6.07) is 9.30. The Labute approximate surface area is 100 Å². The molecule has 0 spiro atoms. The van der Waals surface area contributed by atoms with Crippen LogP contribution in [0.4, 0.5) is 5.69 Å². The lowest BCUT2D eigenvalue weighted by Gasteiger charge is -2.34. The first-order valence-electron chi connectivity index (χ1n) is 5.35. The lowest BCUT2D eigenvalue weighted by atomic mass is 10.3. The summed E-state index contributed by atoms with van der Waals surface area (Å²) in [7, 11) is 1.55. The molecule has 0 aliphatic carbocycles. The van der Waals surface area contributed by atoms with Crippen molar-refractivity contribution in [1.82, 2.24) is 0 Å². The smallest absolute Gasteiger partial charge is 0.277 e. The summed E-state index contributed by atoms with van der Waals surface area (Å²) in [4.78, 5) is 22.0. The van der Waals surface area contributed by atoms with Gasteiger partial charge in [-0.05, 0) is 19.1 Å². The van der Waals surface area contributed by atoms with Gasteiger partial charge in [-0.1, -0.05) is 27.8 Å². The Bertz CT molecular complexity index is 396. The molecule has 2 N–H and O–H groups in total. The van der Waals surface area contributed by atoms with E-state index >= 15 is 0 Å². The van der Waals surface area contributed by atoms with E-state index in [0.29, 0.717) is 6.54 Å². The summed E-state index contributed by atoms with van der Waals surface area (Å²) >= 11 is 0. The molecule has 0 bridgehead atoms. The Morgan fingerprint density at radius 1 is 1.41 bits per heavy atom. The average molecular weight is 237 g/mol. The first-order chi connectivity index (χ1) is 8.03. The highest BCUT2D eigenvalue weighted by molar-refractivity contribution is 5.75. The lowest BCUT2D eigenvalue weighted by Crippen LogP contribution is -2.57. The molecule has 1 rings (SSSR count). The fourth-order valence-corrected chi connectivity index (χ4v) is 1.79. The number of nitrogens with two attached hydrogens (primary N) is 1. The van der Waals surface area contributed by atoms with Crippen molar-refractivity contribution in [3.05, 3.63) is 35.2 Å². The zero-order valence-electron chi connectivity index (χ0n) is 10.0. The van der Waals surface area contributed by atoms with E-state index in [1.165, 1.54) is 0 Å². The van der Waals surface area contributed by atoms with E-state index in [1.807, 2.05) is 37.3 Å². The number of hydrogen-bond acceptors (Lipinski definition) is 4. The van der Waals surface area contributed by atoms with Gasteiger partial charge >= 0.3 is 0 Å². The van der Waals surface area contributed by atoms with Crippen molar-refractivity contribution in [2.24, 2.45) is 11.0 Å². The summed E-state index contributed by atoms with van der Waals surface area (Å²) in [6.45, 7) is 2.27. The topological polar surface area (TPSA) is 75.8 Å². The molecule has 6 nitrogen and oxygen atoms in total. The van der Waals surface area contributed by atoms with E-state index in [9.17, 15) is 9.70 Å². The van der Waals surface area contributed by atoms with Crippen molar-refractivity contribution in [3.63, 3.8) is 0 Å². The first-order valence-corrected chi connectivity index (χ1v) is 5.35. The minimum Gasteiger partial charge on any atom is -0.365 e. The standard InChI is InChI=1S/C11H16N4O2/c1-3-14(10-7-5-4-6-8-10)15(2,13-17)9-11(12)16/h4-8H,3,9H2,1-2H3,(H-,12,16)/p+1. The van der Waals surface area contributed by atoms with Gasteiger partial charge in [-0.2, -0.15) is 5.01 Å². The van der Waals surface area contributed by atoms with Crippen LogP contribution >= 0.6 is 0 Å². The number of nitrogens with zero attached hydrogens (tertiary/aromatic N) is 3. The number of rotatable bonds is 6. The number of para-hydroxylation sites is 1. The second-order valence-corrected chi connectivity index (χ2v) is 3.85. The first kappa shape index (κ1) is 13.1. The van der Waals surface area contributed by atoms with Gasteiger partial charge < -0.3 is 5.73 Å². The van der Waals surface area contributed by atoms with Crippen LogP contribution in [0, 0.1) is 4.91 Å². The Morgan fingerprint density at radius 2 is 2.00 bits per heavy atom. The minimum atomic E-state index is -0.568. The van der Waals surface area contributed by atoms with Gasteiger partial charge in [0.2, 0.25) is 6.54 Å².